The third-order valence-electron chi connectivity index (χ3n) is 3.53. The normalized spacial score (nSPS) is 21.4. The number of nitrogens with two attached hydrogens (primary N) is 1. The zero-order chi connectivity index (χ0) is 13.0. The summed E-state index contributed by atoms with van der Waals surface area (Å²) in [6, 6.07) is 8.16. The minimum absolute atomic E-state index is 0.228. The average Bonchev–Trinajstić information content (AvgIpc) is 2.85. The number of halogens is 1. The molecule has 1 saturated heterocycles. The van der Waals surface area contributed by atoms with Crippen molar-refractivity contribution in [2.45, 2.75) is 25.0 Å². The minimum Gasteiger partial charge on any atom is -0.377 e. The number of hydrogen-bond acceptors (Lipinski definition) is 3. The molecule has 0 radical (unpaired) electrons. The Bertz CT molecular complexity index is 363. The molecule has 1 aromatic carbocycles. The summed E-state index contributed by atoms with van der Waals surface area (Å²) in [4.78, 5) is 2.28. The summed E-state index contributed by atoms with van der Waals surface area (Å²) < 4.78 is 5.67. The van der Waals surface area contributed by atoms with Crippen molar-refractivity contribution in [1.82, 2.24) is 4.90 Å². The van der Waals surface area contributed by atoms with Crippen LogP contribution >= 0.6 is 11.6 Å². The Labute approximate surface area is 114 Å². The molecule has 2 N–H and O–H groups in total. The van der Waals surface area contributed by atoms with E-state index < -0.39 is 0 Å². The Balaban J connectivity index is 2.00. The van der Waals surface area contributed by atoms with Crippen LogP contribution in [-0.2, 0) is 4.74 Å². The zero-order valence-electron chi connectivity index (χ0n) is 10.8. The Kier molecular flexibility index (Phi) is 5.01. The van der Waals surface area contributed by atoms with E-state index in [4.69, 9.17) is 22.1 Å². The highest BCUT2D eigenvalue weighted by Gasteiger charge is 2.22. The molecule has 4 heteroatoms. The maximum Gasteiger partial charge on any atom is 0.0702 e. The molecule has 0 spiro atoms. The van der Waals surface area contributed by atoms with Gasteiger partial charge in [0.25, 0.3) is 0 Å². The van der Waals surface area contributed by atoms with Gasteiger partial charge < -0.3 is 10.5 Å². The molecule has 0 bridgehead atoms. The van der Waals surface area contributed by atoms with Crippen LogP contribution in [0.2, 0.25) is 5.02 Å². The number of benzene rings is 1. The van der Waals surface area contributed by atoms with Crippen molar-refractivity contribution in [3.8, 4) is 0 Å². The first-order chi connectivity index (χ1) is 8.70. The topological polar surface area (TPSA) is 38.5 Å². The van der Waals surface area contributed by atoms with E-state index in [1.807, 2.05) is 24.3 Å². The lowest BCUT2D eigenvalue weighted by Gasteiger charge is -2.29. The smallest absolute Gasteiger partial charge is 0.0702 e. The summed E-state index contributed by atoms with van der Waals surface area (Å²) in [6.45, 7) is 2.43. The lowest BCUT2D eigenvalue weighted by molar-refractivity contribution is 0.0689. The molecular formula is C14H21ClN2O. The SMILES string of the molecule is CN(CC1CCCO1)C(CN)c1ccc(Cl)cc1. The lowest BCUT2D eigenvalue weighted by Crippen LogP contribution is -2.36. The van der Waals surface area contributed by atoms with Crippen LogP contribution in [0.5, 0.6) is 0 Å². The predicted molar refractivity (Wildman–Crippen MR) is 74.9 cm³/mol. The van der Waals surface area contributed by atoms with Crippen molar-refractivity contribution in [2.24, 2.45) is 5.73 Å². The first-order valence-corrected chi connectivity index (χ1v) is 6.86. The third-order valence-corrected chi connectivity index (χ3v) is 3.78. The standard InChI is InChI=1S/C14H21ClN2O/c1-17(10-13-3-2-8-18-13)14(9-16)11-4-6-12(15)7-5-11/h4-7,13-14H,2-3,8-10,16H2,1H3. The van der Waals surface area contributed by atoms with Crippen molar-refractivity contribution >= 4 is 11.6 Å². The van der Waals surface area contributed by atoms with Crippen LogP contribution in [0, 0.1) is 0 Å². The van der Waals surface area contributed by atoms with Gasteiger partial charge >= 0.3 is 0 Å². The quantitative estimate of drug-likeness (QED) is 0.892. The molecule has 18 heavy (non-hydrogen) atoms. The van der Waals surface area contributed by atoms with E-state index in [1.54, 1.807) is 0 Å². The lowest BCUT2D eigenvalue weighted by atomic mass is 10.1. The molecular weight excluding hydrogens is 248 g/mol. The van der Waals surface area contributed by atoms with Crippen molar-refractivity contribution in [3.63, 3.8) is 0 Å². The maximum atomic E-state index is 5.91. The van der Waals surface area contributed by atoms with Crippen molar-refractivity contribution in [3.05, 3.63) is 34.9 Å². The molecule has 3 nitrogen and oxygen atoms in total. The van der Waals surface area contributed by atoms with Crippen LogP contribution in [0.15, 0.2) is 24.3 Å². The molecule has 2 unspecified atom stereocenters. The van der Waals surface area contributed by atoms with Gasteiger partial charge in [0.15, 0.2) is 0 Å². The van der Waals surface area contributed by atoms with Crippen molar-refractivity contribution in [1.29, 1.82) is 0 Å². The molecule has 100 valence electrons. The average molecular weight is 269 g/mol. The van der Waals surface area contributed by atoms with Gasteiger partial charge in [-0.05, 0) is 37.6 Å². The number of rotatable bonds is 5. The summed E-state index contributed by atoms with van der Waals surface area (Å²) in [5, 5.41) is 0.760. The van der Waals surface area contributed by atoms with Crippen molar-refractivity contribution in [2.75, 3.05) is 26.7 Å². The molecule has 1 heterocycles. The van der Waals surface area contributed by atoms with Crippen LogP contribution < -0.4 is 5.73 Å². The number of likely N-dealkylation sites (N-methyl/N-ethyl adjacent to an activating group) is 1. The van der Waals surface area contributed by atoms with Crippen LogP contribution in [0.25, 0.3) is 0 Å². The van der Waals surface area contributed by atoms with Gasteiger partial charge in [0.2, 0.25) is 0 Å². The largest absolute Gasteiger partial charge is 0.377 e. The molecule has 0 saturated carbocycles. The van der Waals surface area contributed by atoms with Crippen LogP contribution in [-0.4, -0.2) is 37.7 Å². The Morgan fingerprint density at radius 3 is 2.72 bits per heavy atom. The Morgan fingerprint density at radius 1 is 1.44 bits per heavy atom. The van der Waals surface area contributed by atoms with Gasteiger partial charge in [-0.25, -0.2) is 0 Å². The molecule has 0 amide bonds. The molecule has 2 atom stereocenters. The summed E-state index contributed by atoms with van der Waals surface area (Å²) in [6.07, 6.45) is 2.69. The Morgan fingerprint density at radius 2 is 2.17 bits per heavy atom. The van der Waals surface area contributed by atoms with E-state index in [2.05, 4.69) is 11.9 Å². The fraction of sp³-hybridized carbons (Fsp3) is 0.571. The number of nitrogens with zero attached hydrogens (tertiary/aromatic N) is 1. The van der Waals surface area contributed by atoms with Crippen LogP contribution in [0.4, 0.5) is 0 Å². The monoisotopic (exact) mass is 268 g/mol. The van der Waals surface area contributed by atoms with Gasteiger partial charge in [-0.1, -0.05) is 23.7 Å². The molecule has 0 aliphatic carbocycles. The maximum absolute atomic E-state index is 5.91. The molecule has 1 fully saturated rings. The summed E-state index contributed by atoms with van der Waals surface area (Å²) in [5.74, 6) is 0. The van der Waals surface area contributed by atoms with Crippen LogP contribution in [0.3, 0.4) is 0 Å². The molecule has 1 aliphatic rings. The first kappa shape index (κ1) is 13.8. The molecule has 1 aliphatic heterocycles. The van der Waals surface area contributed by atoms with Gasteiger partial charge in [0.1, 0.15) is 0 Å². The molecule has 2 rings (SSSR count). The highest BCUT2D eigenvalue weighted by atomic mass is 35.5. The molecule has 1 aromatic rings. The fourth-order valence-electron chi connectivity index (χ4n) is 2.49. The second-order valence-electron chi connectivity index (χ2n) is 4.88. The van der Waals surface area contributed by atoms with E-state index in [9.17, 15) is 0 Å². The number of ether oxygens (including phenoxy) is 1. The van der Waals surface area contributed by atoms with Gasteiger partial charge in [0, 0.05) is 30.8 Å². The van der Waals surface area contributed by atoms with E-state index in [-0.39, 0.29) is 6.04 Å². The van der Waals surface area contributed by atoms with Gasteiger partial charge in [-0.15, -0.1) is 0 Å². The number of hydrogen-bond donors (Lipinski definition) is 1. The molecule has 0 aromatic heterocycles. The van der Waals surface area contributed by atoms with E-state index in [1.165, 1.54) is 12.0 Å². The second kappa shape index (κ2) is 6.53. The second-order valence-corrected chi connectivity index (χ2v) is 5.31. The summed E-state index contributed by atoms with van der Waals surface area (Å²) in [5.41, 5.74) is 7.11. The van der Waals surface area contributed by atoms with Crippen molar-refractivity contribution < 1.29 is 4.74 Å². The summed E-state index contributed by atoms with van der Waals surface area (Å²) >= 11 is 5.91. The van der Waals surface area contributed by atoms with E-state index in [0.717, 1.165) is 24.6 Å². The Hall–Kier alpha value is -0.610. The highest BCUT2D eigenvalue weighted by Crippen LogP contribution is 2.22. The van der Waals surface area contributed by atoms with Crippen LogP contribution in [0.1, 0.15) is 24.4 Å². The minimum atomic E-state index is 0.228. The van der Waals surface area contributed by atoms with E-state index >= 15 is 0 Å². The summed E-state index contributed by atoms with van der Waals surface area (Å²) in [7, 11) is 2.10. The zero-order valence-corrected chi connectivity index (χ0v) is 11.6. The van der Waals surface area contributed by atoms with Gasteiger partial charge in [-0.2, -0.15) is 0 Å². The van der Waals surface area contributed by atoms with E-state index in [0.29, 0.717) is 12.6 Å². The van der Waals surface area contributed by atoms with Gasteiger partial charge in [0.05, 0.1) is 6.10 Å². The first-order valence-electron chi connectivity index (χ1n) is 6.48. The predicted octanol–water partition coefficient (Wildman–Crippen LogP) is 2.45. The third kappa shape index (κ3) is 3.45. The highest BCUT2D eigenvalue weighted by molar-refractivity contribution is 6.30. The van der Waals surface area contributed by atoms with Gasteiger partial charge in [-0.3, -0.25) is 4.90 Å². The fourth-order valence-corrected chi connectivity index (χ4v) is 2.62.